The minimum atomic E-state index is 0.0447. The minimum absolute atomic E-state index is 0.0447. The van der Waals surface area contributed by atoms with Crippen molar-refractivity contribution in [1.29, 1.82) is 0 Å². The van der Waals surface area contributed by atoms with E-state index in [9.17, 15) is 4.79 Å². The predicted molar refractivity (Wildman–Crippen MR) is 77.3 cm³/mol. The maximum Gasteiger partial charge on any atom is 0.220 e. The number of tetrazole rings is 1. The summed E-state index contributed by atoms with van der Waals surface area (Å²) in [4.78, 5) is 16.3. The molecule has 2 aromatic rings. The van der Waals surface area contributed by atoms with E-state index in [0.717, 1.165) is 17.8 Å². The van der Waals surface area contributed by atoms with Crippen LogP contribution in [0, 0.1) is 6.92 Å². The molecular weight excluding hydrogens is 268 g/mol. The molecule has 0 aliphatic carbocycles. The Labute approximate surface area is 123 Å². The smallest absolute Gasteiger partial charge is 0.220 e. The first-order valence-corrected chi connectivity index (χ1v) is 7.06. The van der Waals surface area contributed by atoms with Crippen molar-refractivity contribution in [3.63, 3.8) is 0 Å². The van der Waals surface area contributed by atoms with Gasteiger partial charge in [-0.05, 0) is 42.8 Å². The number of carbonyl (C=O) groups is 1. The zero-order valence-electron chi connectivity index (χ0n) is 12.4. The standard InChI is InChI=1S/C14H20N6O/c1-11-5-3-6-13(16-11)9-12(2)17-14(21)7-4-8-20-10-15-18-19-20/h3,5-6,10,12H,4,7-9H2,1-2H3,(H,17,21). The van der Waals surface area contributed by atoms with Gasteiger partial charge in [-0.15, -0.1) is 5.10 Å². The minimum Gasteiger partial charge on any atom is -0.353 e. The largest absolute Gasteiger partial charge is 0.353 e. The van der Waals surface area contributed by atoms with Crippen molar-refractivity contribution in [3.8, 4) is 0 Å². The molecule has 0 aliphatic heterocycles. The lowest BCUT2D eigenvalue weighted by Gasteiger charge is -2.13. The van der Waals surface area contributed by atoms with E-state index in [1.54, 1.807) is 11.0 Å². The molecule has 1 unspecified atom stereocenters. The van der Waals surface area contributed by atoms with Crippen LogP contribution in [0.1, 0.15) is 31.2 Å². The van der Waals surface area contributed by atoms with Crippen molar-refractivity contribution < 1.29 is 4.79 Å². The van der Waals surface area contributed by atoms with Gasteiger partial charge in [0.2, 0.25) is 5.91 Å². The van der Waals surface area contributed by atoms with Gasteiger partial charge in [0.15, 0.2) is 0 Å². The van der Waals surface area contributed by atoms with Crippen LogP contribution in [0.15, 0.2) is 24.5 Å². The van der Waals surface area contributed by atoms with Gasteiger partial charge in [-0.25, -0.2) is 4.68 Å². The SMILES string of the molecule is Cc1cccc(CC(C)NC(=O)CCCn2cnnn2)n1. The van der Waals surface area contributed by atoms with Crippen molar-refractivity contribution in [1.82, 2.24) is 30.5 Å². The number of aromatic nitrogens is 5. The number of rotatable bonds is 7. The second kappa shape index (κ2) is 7.47. The molecule has 7 heteroatoms. The van der Waals surface area contributed by atoms with E-state index < -0.39 is 0 Å². The van der Waals surface area contributed by atoms with Gasteiger partial charge in [0.05, 0.1) is 0 Å². The van der Waals surface area contributed by atoms with Crippen molar-refractivity contribution >= 4 is 5.91 Å². The molecule has 0 aliphatic rings. The lowest BCUT2D eigenvalue weighted by Crippen LogP contribution is -2.34. The maximum atomic E-state index is 11.8. The summed E-state index contributed by atoms with van der Waals surface area (Å²) in [5.41, 5.74) is 1.99. The first-order chi connectivity index (χ1) is 10.1. The van der Waals surface area contributed by atoms with Crippen LogP contribution in [-0.2, 0) is 17.8 Å². The van der Waals surface area contributed by atoms with Gasteiger partial charge in [-0.3, -0.25) is 9.78 Å². The fourth-order valence-corrected chi connectivity index (χ4v) is 2.11. The van der Waals surface area contributed by atoms with Crippen LogP contribution in [0.4, 0.5) is 0 Å². The molecule has 1 N–H and O–H groups in total. The summed E-state index contributed by atoms with van der Waals surface area (Å²) in [6.07, 6.45) is 3.46. The summed E-state index contributed by atoms with van der Waals surface area (Å²) >= 11 is 0. The Balaban J connectivity index is 1.69. The van der Waals surface area contributed by atoms with Crippen molar-refractivity contribution in [3.05, 3.63) is 35.9 Å². The molecule has 0 spiro atoms. The third kappa shape index (κ3) is 5.29. The van der Waals surface area contributed by atoms with E-state index in [-0.39, 0.29) is 11.9 Å². The van der Waals surface area contributed by atoms with E-state index >= 15 is 0 Å². The van der Waals surface area contributed by atoms with Gasteiger partial charge in [0.1, 0.15) is 6.33 Å². The van der Waals surface area contributed by atoms with Crippen molar-refractivity contribution in [2.75, 3.05) is 0 Å². The van der Waals surface area contributed by atoms with Crippen molar-refractivity contribution in [2.45, 2.75) is 45.7 Å². The lowest BCUT2D eigenvalue weighted by atomic mass is 10.1. The number of hydrogen-bond acceptors (Lipinski definition) is 5. The van der Waals surface area contributed by atoms with Crippen LogP contribution in [0.3, 0.4) is 0 Å². The van der Waals surface area contributed by atoms with Gasteiger partial charge >= 0.3 is 0 Å². The number of amides is 1. The van der Waals surface area contributed by atoms with E-state index in [2.05, 4.69) is 25.8 Å². The quantitative estimate of drug-likeness (QED) is 0.818. The average Bonchev–Trinajstić information content (AvgIpc) is 2.91. The number of carbonyl (C=O) groups excluding carboxylic acids is 1. The summed E-state index contributed by atoms with van der Waals surface area (Å²) in [6.45, 7) is 4.60. The van der Waals surface area contributed by atoms with Gasteiger partial charge in [-0.2, -0.15) is 0 Å². The first kappa shape index (κ1) is 15.1. The fourth-order valence-electron chi connectivity index (χ4n) is 2.11. The van der Waals surface area contributed by atoms with Gasteiger partial charge in [-0.1, -0.05) is 6.07 Å². The van der Waals surface area contributed by atoms with Gasteiger partial charge in [0, 0.05) is 36.8 Å². The van der Waals surface area contributed by atoms with Crippen LogP contribution >= 0.6 is 0 Å². The highest BCUT2D eigenvalue weighted by Gasteiger charge is 2.09. The molecule has 7 nitrogen and oxygen atoms in total. The van der Waals surface area contributed by atoms with Crippen LogP contribution < -0.4 is 5.32 Å². The Morgan fingerprint density at radius 3 is 3.00 bits per heavy atom. The number of aryl methyl sites for hydroxylation is 2. The molecule has 2 rings (SSSR count). The first-order valence-electron chi connectivity index (χ1n) is 7.06. The summed E-state index contributed by atoms with van der Waals surface area (Å²) < 4.78 is 1.62. The van der Waals surface area contributed by atoms with Crippen molar-refractivity contribution in [2.24, 2.45) is 0 Å². The molecule has 112 valence electrons. The Kier molecular flexibility index (Phi) is 5.36. The van der Waals surface area contributed by atoms with E-state index in [4.69, 9.17) is 0 Å². The van der Waals surface area contributed by atoms with Crippen LogP contribution in [0.2, 0.25) is 0 Å². The third-order valence-electron chi connectivity index (χ3n) is 3.05. The molecule has 2 aromatic heterocycles. The van der Waals surface area contributed by atoms with E-state index in [0.29, 0.717) is 19.4 Å². The van der Waals surface area contributed by atoms with Crippen LogP contribution in [0.25, 0.3) is 0 Å². The average molecular weight is 288 g/mol. The fraction of sp³-hybridized carbons (Fsp3) is 0.500. The molecule has 0 saturated carbocycles. The van der Waals surface area contributed by atoms with E-state index in [1.807, 2.05) is 32.0 Å². The van der Waals surface area contributed by atoms with E-state index in [1.165, 1.54) is 0 Å². The Morgan fingerprint density at radius 2 is 2.29 bits per heavy atom. The number of pyridine rings is 1. The topological polar surface area (TPSA) is 85.6 Å². The summed E-state index contributed by atoms with van der Waals surface area (Å²) in [6, 6.07) is 6.00. The van der Waals surface area contributed by atoms with Gasteiger partial charge in [0.25, 0.3) is 0 Å². The molecule has 0 bridgehead atoms. The zero-order valence-corrected chi connectivity index (χ0v) is 12.4. The highest BCUT2D eigenvalue weighted by Crippen LogP contribution is 2.02. The summed E-state index contributed by atoms with van der Waals surface area (Å²) in [7, 11) is 0. The van der Waals surface area contributed by atoms with Crippen LogP contribution in [-0.4, -0.2) is 37.1 Å². The molecule has 1 amide bonds. The Bertz CT molecular complexity index is 569. The summed E-state index contributed by atoms with van der Waals surface area (Å²) in [5.74, 6) is 0.0447. The van der Waals surface area contributed by atoms with Crippen LogP contribution in [0.5, 0.6) is 0 Å². The second-order valence-electron chi connectivity index (χ2n) is 5.12. The monoisotopic (exact) mass is 288 g/mol. The highest BCUT2D eigenvalue weighted by molar-refractivity contribution is 5.76. The molecule has 0 radical (unpaired) electrons. The molecule has 0 aromatic carbocycles. The highest BCUT2D eigenvalue weighted by atomic mass is 16.1. The lowest BCUT2D eigenvalue weighted by molar-refractivity contribution is -0.121. The molecule has 2 heterocycles. The molecule has 0 fully saturated rings. The zero-order chi connectivity index (χ0) is 15.1. The maximum absolute atomic E-state index is 11.8. The molecular formula is C14H20N6O. The molecule has 21 heavy (non-hydrogen) atoms. The number of nitrogens with zero attached hydrogens (tertiary/aromatic N) is 5. The summed E-state index contributed by atoms with van der Waals surface area (Å²) in [5, 5.41) is 13.8. The third-order valence-corrected chi connectivity index (χ3v) is 3.05. The second-order valence-corrected chi connectivity index (χ2v) is 5.12. The number of hydrogen-bond donors (Lipinski definition) is 1. The molecule has 1 atom stereocenters. The Morgan fingerprint density at radius 1 is 1.43 bits per heavy atom. The normalized spacial score (nSPS) is 12.1. The molecule has 0 saturated heterocycles. The Hall–Kier alpha value is -2.31. The predicted octanol–water partition coefficient (Wildman–Crippen LogP) is 0.904. The van der Waals surface area contributed by atoms with Gasteiger partial charge < -0.3 is 5.32 Å². The number of nitrogens with one attached hydrogen (secondary N) is 1.